The summed E-state index contributed by atoms with van der Waals surface area (Å²) in [7, 11) is 0. The van der Waals surface area contributed by atoms with Crippen molar-refractivity contribution in [2.45, 2.75) is 31.8 Å². The molecule has 1 aliphatic heterocycles. The van der Waals surface area contributed by atoms with Crippen molar-refractivity contribution in [3.05, 3.63) is 36.3 Å². The van der Waals surface area contributed by atoms with Crippen molar-refractivity contribution in [3.63, 3.8) is 0 Å². The Morgan fingerprint density at radius 1 is 1.42 bits per heavy atom. The van der Waals surface area contributed by atoms with E-state index < -0.39 is 5.97 Å². The zero-order valence-corrected chi connectivity index (χ0v) is 10.7. The Labute approximate surface area is 111 Å². The minimum Gasteiger partial charge on any atom is -0.480 e. The normalized spacial score (nSPS) is 20.7. The van der Waals surface area contributed by atoms with Crippen LogP contribution in [0, 0.1) is 0 Å². The van der Waals surface area contributed by atoms with Crippen molar-refractivity contribution < 1.29 is 9.90 Å². The van der Waals surface area contributed by atoms with Gasteiger partial charge in [-0.25, -0.2) is 4.98 Å². The van der Waals surface area contributed by atoms with Gasteiger partial charge in [0.25, 0.3) is 0 Å². The molecule has 100 valence electrons. The number of nitrogens with zero attached hydrogens (tertiary/aromatic N) is 3. The molecule has 0 aromatic carbocycles. The summed E-state index contributed by atoms with van der Waals surface area (Å²) < 4.78 is 2.02. The van der Waals surface area contributed by atoms with Gasteiger partial charge in [0, 0.05) is 12.7 Å². The average Bonchev–Trinajstić information content (AvgIpc) is 2.83. The second-order valence-electron chi connectivity index (χ2n) is 5.00. The molecule has 0 saturated carbocycles. The second kappa shape index (κ2) is 5.01. The monoisotopic (exact) mass is 259 g/mol. The van der Waals surface area contributed by atoms with Gasteiger partial charge in [-0.15, -0.1) is 0 Å². The number of likely N-dealkylation sites (tertiary alicyclic amines) is 1. The van der Waals surface area contributed by atoms with Gasteiger partial charge in [0.1, 0.15) is 11.7 Å². The summed E-state index contributed by atoms with van der Waals surface area (Å²) >= 11 is 0. The lowest BCUT2D eigenvalue weighted by Crippen LogP contribution is -2.44. The van der Waals surface area contributed by atoms with E-state index in [1.165, 1.54) is 0 Å². The highest BCUT2D eigenvalue weighted by molar-refractivity contribution is 5.73. The number of aromatic nitrogens is 2. The summed E-state index contributed by atoms with van der Waals surface area (Å²) in [4.78, 5) is 17.7. The first-order valence-electron chi connectivity index (χ1n) is 6.63. The molecule has 1 N–H and O–H groups in total. The van der Waals surface area contributed by atoms with Crippen LogP contribution >= 0.6 is 0 Å². The Bertz CT molecular complexity index is 593. The zero-order chi connectivity index (χ0) is 13.2. The van der Waals surface area contributed by atoms with Crippen molar-refractivity contribution >= 4 is 11.6 Å². The lowest BCUT2D eigenvalue weighted by molar-refractivity contribution is -0.144. The molecule has 0 radical (unpaired) electrons. The molecule has 3 heterocycles. The molecule has 1 saturated heterocycles. The third-order valence-electron chi connectivity index (χ3n) is 3.76. The first kappa shape index (κ1) is 12.2. The molecule has 5 nitrogen and oxygen atoms in total. The van der Waals surface area contributed by atoms with Crippen LogP contribution in [0.3, 0.4) is 0 Å². The fraction of sp³-hybridized carbons (Fsp3) is 0.429. The summed E-state index contributed by atoms with van der Waals surface area (Å²) in [6, 6.07) is 5.51. The summed E-state index contributed by atoms with van der Waals surface area (Å²) in [6.07, 6.45) is 6.62. The fourth-order valence-corrected chi connectivity index (χ4v) is 2.77. The maximum atomic E-state index is 11.3. The van der Waals surface area contributed by atoms with E-state index in [2.05, 4.69) is 4.98 Å². The van der Waals surface area contributed by atoms with Crippen molar-refractivity contribution in [1.29, 1.82) is 0 Å². The van der Waals surface area contributed by atoms with Crippen molar-refractivity contribution in [2.75, 3.05) is 6.54 Å². The molecule has 0 amide bonds. The summed E-state index contributed by atoms with van der Waals surface area (Å²) in [5.41, 5.74) is 1.95. The van der Waals surface area contributed by atoms with Gasteiger partial charge in [-0.1, -0.05) is 12.5 Å². The molecule has 0 unspecified atom stereocenters. The van der Waals surface area contributed by atoms with E-state index >= 15 is 0 Å². The molecular weight excluding hydrogens is 242 g/mol. The van der Waals surface area contributed by atoms with Gasteiger partial charge in [0.05, 0.1) is 11.9 Å². The molecule has 1 atom stereocenters. The topological polar surface area (TPSA) is 57.8 Å². The third-order valence-corrected chi connectivity index (χ3v) is 3.76. The first-order chi connectivity index (χ1) is 9.25. The first-order valence-corrected chi connectivity index (χ1v) is 6.63. The molecule has 1 aliphatic rings. The molecule has 0 spiro atoms. The van der Waals surface area contributed by atoms with Crippen LogP contribution in [0.1, 0.15) is 25.0 Å². The number of aliphatic carboxylic acids is 1. The van der Waals surface area contributed by atoms with Crippen LogP contribution in [0.2, 0.25) is 0 Å². The van der Waals surface area contributed by atoms with Gasteiger partial charge in [0.2, 0.25) is 0 Å². The van der Waals surface area contributed by atoms with E-state index in [9.17, 15) is 9.90 Å². The van der Waals surface area contributed by atoms with Crippen LogP contribution in [0.5, 0.6) is 0 Å². The van der Waals surface area contributed by atoms with Crippen molar-refractivity contribution in [1.82, 2.24) is 14.3 Å². The zero-order valence-electron chi connectivity index (χ0n) is 10.7. The Morgan fingerprint density at radius 3 is 3.16 bits per heavy atom. The molecule has 2 aromatic rings. The fourth-order valence-electron chi connectivity index (χ4n) is 2.77. The second-order valence-corrected chi connectivity index (χ2v) is 5.00. The van der Waals surface area contributed by atoms with Gasteiger partial charge >= 0.3 is 5.97 Å². The SMILES string of the molecule is O=C(O)[C@@H]1CCCCN1Cc1cnc2ccccn12. The van der Waals surface area contributed by atoms with Crippen LogP contribution < -0.4 is 0 Å². The van der Waals surface area contributed by atoms with Crippen LogP contribution in [0.4, 0.5) is 0 Å². The van der Waals surface area contributed by atoms with Crippen molar-refractivity contribution in [2.24, 2.45) is 0 Å². The summed E-state index contributed by atoms with van der Waals surface area (Å²) in [5.74, 6) is -0.714. The number of hydrogen-bond donors (Lipinski definition) is 1. The Kier molecular flexibility index (Phi) is 3.21. The average molecular weight is 259 g/mol. The number of fused-ring (bicyclic) bond motifs is 1. The van der Waals surface area contributed by atoms with E-state index in [1.54, 1.807) is 0 Å². The standard InChI is InChI=1S/C14H17N3O2/c18-14(19)12-5-1-3-7-16(12)10-11-9-15-13-6-2-4-8-17(11)13/h2,4,6,8-9,12H,1,3,5,7,10H2,(H,18,19)/t12-/m0/s1. The minimum atomic E-state index is -0.714. The van der Waals surface area contributed by atoms with Crippen LogP contribution in [0.25, 0.3) is 5.65 Å². The van der Waals surface area contributed by atoms with Gasteiger partial charge in [-0.2, -0.15) is 0 Å². The third kappa shape index (κ3) is 2.33. The number of imidazole rings is 1. The van der Waals surface area contributed by atoms with E-state index in [1.807, 2.05) is 39.9 Å². The molecule has 3 rings (SSSR count). The molecule has 19 heavy (non-hydrogen) atoms. The molecule has 2 aromatic heterocycles. The van der Waals surface area contributed by atoms with E-state index in [-0.39, 0.29) is 6.04 Å². The highest BCUT2D eigenvalue weighted by Gasteiger charge is 2.28. The molecule has 1 fully saturated rings. The number of pyridine rings is 1. The number of piperidine rings is 1. The molecule has 0 bridgehead atoms. The maximum absolute atomic E-state index is 11.3. The Balaban J connectivity index is 1.85. The molecule has 0 aliphatic carbocycles. The number of hydrogen-bond acceptors (Lipinski definition) is 3. The van der Waals surface area contributed by atoms with Gasteiger partial charge in [-0.05, 0) is 31.5 Å². The number of carboxylic acids is 1. The lowest BCUT2D eigenvalue weighted by atomic mass is 10.0. The van der Waals surface area contributed by atoms with E-state index in [4.69, 9.17) is 0 Å². The Hall–Kier alpha value is -1.88. The summed E-state index contributed by atoms with van der Waals surface area (Å²) in [5, 5.41) is 9.29. The number of rotatable bonds is 3. The van der Waals surface area contributed by atoms with Gasteiger partial charge in [0.15, 0.2) is 0 Å². The lowest BCUT2D eigenvalue weighted by Gasteiger charge is -2.32. The highest BCUT2D eigenvalue weighted by atomic mass is 16.4. The van der Waals surface area contributed by atoms with Crippen LogP contribution in [-0.2, 0) is 11.3 Å². The van der Waals surface area contributed by atoms with Crippen molar-refractivity contribution in [3.8, 4) is 0 Å². The molecule has 5 heteroatoms. The number of carbonyl (C=O) groups is 1. The smallest absolute Gasteiger partial charge is 0.320 e. The maximum Gasteiger partial charge on any atom is 0.320 e. The molecular formula is C14H17N3O2. The van der Waals surface area contributed by atoms with Gasteiger partial charge in [-0.3, -0.25) is 9.69 Å². The highest BCUT2D eigenvalue weighted by Crippen LogP contribution is 2.20. The van der Waals surface area contributed by atoms with E-state index in [0.717, 1.165) is 37.1 Å². The Morgan fingerprint density at radius 2 is 2.32 bits per heavy atom. The quantitative estimate of drug-likeness (QED) is 0.912. The predicted molar refractivity (Wildman–Crippen MR) is 70.9 cm³/mol. The van der Waals surface area contributed by atoms with Crippen LogP contribution in [-0.4, -0.2) is 37.9 Å². The van der Waals surface area contributed by atoms with E-state index in [0.29, 0.717) is 6.54 Å². The largest absolute Gasteiger partial charge is 0.480 e. The summed E-state index contributed by atoms with van der Waals surface area (Å²) in [6.45, 7) is 1.49. The number of carboxylic acid groups (broad SMARTS) is 1. The van der Waals surface area contributed by atoms with Gasteiger partial charge < -0.3 is 9.51 Å². The van der Waals surface area contributed by atoms with Crippen LogP contribution in [0.15, 0.2) is 30.6 Å². The predicted octanol–water partition coefficient (Wildman–Crippen LogP) is 1.77. The minimum absolute atomic E-state index is 0.358.